The molecule has 1 amide bonds. The fraction of sp³-hybridized carbons (Fsp3) is 0.400. The average molecular weight is 354 g/mol. The number of methoxy groups -OCH3 is 2. The van der Waals surface area contributed by atoms with Crippen molar-refractivity contribution in [1.82, 2.24) is 10.3 Å². The second-order valence-electron chi connectivity index (χ2n) is 6.64. The first kappa shape index (κ1) is 16.7. The van der Waals surface area contributed by atoms with Crippen LogP contribution < -0.4 is 19.5 Å². The molecule has 6 heteroatoms. The number of ether oxygens (including phenoxy) is 3. The Labute approximate surface area is 152 Å². The minimum absolute atomic E-state index is 0.111. The molecule has 0 bridgehead atoms. The molecule has 0 saturated carbocycles. The van der Waals surface area contributed by atoms with Crippen molar-refractivity contribution >= 4 is 5.91 Å². The quantitative estimate of drug-likeness (QED) is 0.912. The maximum absolute atomic E-state index is 12.8. The summed E-state index contributed by atoms with van der Waals surface area (Å²) in [7, 11) is 3.17. The second kappa shape index (κ2) is 6.86. The number of hydrogen-bond donors (Lipinski definition) is 1. The maximum atomic E-state index is 12.8. The second-order valence-corrected chi connectivity index (χ2v) is 6.64. The zero-order valence-electron chi connectivity index (χ0n) is 15.0. The number of carbonyl (C=O) groups is 1. The van der Waals surface area contributed by atoms with Crippen molar-refractivity contribution in [2.75, 3.05) is 20.8 Å². The number of para-hydroxylation sites is 1. The van der Waals surface area contributed by atoms with Crippen LogP contribution in [0, 0.1) is 0 Å². The number of amides is 1. The van der Waals surface area contributed by atoms with Crippen molar-refractivity contribution in [2.45, 2.75) is 31.7 Å². The molecule has 2 aliphatic rings. The van der Waals surface area contributed by atoms with E-state index < -0.39 is 0 Å². The van der Waals surface area contributed by atoms with Gasteiger partial charge in [-0.05, 0) is 43.4 Å². The molecule has 6 nitrogen and oxygen atoms in total. The van der Waals surface area contributed by atoms with Crippen molar-refractivity contribution in [3.63, 3.8) is 0 Å². The van der Waals surface area contributed by atoms with E-state index in [4.69, 9.17) is 14.2 Å². The largest absolute Gasteiger partial charge is 0.493 e. The van der Waals surface area contributed by atoms with Gasteiger partial charge in [-0.2, -0.15) is 0 Å². The Balaban J connectivity index is 1.52. The van der Waals surface area contributed by atoms with Gasteiger partial charge in [0.05, 0.1) is 20.3 Å². The first-order chi connectivity index (χ1) is 12.7. The van der Waals surface area contributed by atoms with Crippen molar-refractivity contribution < 1.29 is 19.0 Å². The normalized spacial score (nSPS) is 17.7. The van der Waals surface area contributed by atoms with Gasteiger partial charge in [0, 0.05) is 11.3 Å². The summed E-state index contributed by atoms with van der Waals surface area (Å²) in [6.45, 7) is 0.403. The number of aryl methyl sites for hydroxylation is 2. The molecule has 1 N–H and O–H groups in total. The molecule has 2 heterocycles. The molecule has 0 fully saturated rings. The number of hydrogen-bond acceptors (Lipinski definition) is 5. The molecular weight excluding hydrogens is 332 g/mol. The van der Waals surface area contributed by atoms with Gasteiger partial charge in [0.25, 0.3) is 5.91 Å². The molecule has 0 radical (unpaired) electrons. The van der Waals surface area contributed by atoms with Gasteiger partial charge in [0.2, 0.25) is 5.88 Å². The Kier molecular flexibility index (Phi) is 4.41. The van der Waals surface area contributed by atoms with Gasteiger partial charge in [0.15, 0.2) is 11.5 Å². The summed E-state index contributed by atoms with van der Waals surface area (Å²) in [6.07, 6.45) is 3.68. The average Bonchev–Trinajstić information content (AvgIpc) is 3.13. The summed E-state index contributed by atoms with van der Waals surface area (Å²) in [6, 6.07) is 7.61. The van der Waals surface area contributed by atoms with Gasteiger partial charge < -0.3 is 19.5 Å². The van der Waals surface area contributed by atoms with E-state index in [1.54, 1.807) is 14.2 Å². The number of nitrogens with zero attached hydrogens (tertiary/aromatic N) is 1. The predicted octanol–water partition coefficient (Wildman–Crippen LogP) is 2.32. The highest BCUT2D eigenvalue weighted by Crippen LogP contribution is 2.34. The van der Waals surface area contributed by atoms with Crippen LogP contribution in [-0.2, 0) is 19.3 Å². The van der Waals surface area contributed by atoms with Crippen molar-refractivity contribution in [3.8, 4) is 17.4 Å². The van der Waals surface area contributed by atoms with Crippen molar-refractivity contribution in [2.24, 2.45) is 0 Å². The molecule has 1 unspecified atom stereocenters. The Bertz CT molecular complexity index is 850. The third kappa shape index (κ3) is 2.96. The van der Waals surface area contributed by atoms with Gasteiger partial charge in [-0.25, -0.2) is 4.98 Å². The lowest BCUT2D eigenvalue weighted by atomic mass is 10.0. The Morgan fingerprint density at radius 3 is 2.92 bits per heavy atom. The van der Waals surface area contributed by atoms with E-state index in [0.29, 0.717) is 24.5 Å². The lowest BCUT2D eigenvalue weighted by Gasteiger charge is -2.27. The molecule has 0 spiro atoms. The SMILES string of the molecule is COc1cccc2c1OCC(NC(=O)c1cc3c(nc1OC)CCC3)C2. The minimum Gasteiger partial charge on any atom is -0.493 e. The summed E-state index contributed by atoms with van der Waals surface area (Å²) in [5.74, 6) is 1.69. The van der Waals surface area contributed by atoms with Crippen LogP contribution in [0.2, 0.25) is 0 Å². The van der Waals surface area contributed by atoms with E-state index in [2.05, 4.69) is 10.3 Å². The molecule has 4 rings (SSSR count). The Morgan fingerprint density at radius 2 is 2.12 bits per heavy atom. The predicted molar refractivity (Wildman–Crippen MR) is 96.3 cm³/mol. The lowest BCUT2D eigenvalue weighted by molar-refractivity contribution is 0.0910. The van der Waals surface area contributed by atoms with E-state index in [9.17, 15) is 4.79 Å². The molecule has 0 saturated heterocycles. The third-order valence-corrected chi connectivity index (χ3v) is 4.96. The number of fused-ring (bicyclic) bond motifs is 2. The molecule has 136 valence electrons. The van der Waals surface area contributed by atoms with Gasteiger partial charge in [0.1, 0.15) is 12.2 Å². The number of carbonyl (C=O) groups excluding carboxylic acids is 1. The number of rotatable bonds is 4. The highest BCUT2D eigenvalue weighted by atomic mass is 16.5. The topological polar surface area (TPSA) is 69.7 Å². The Morgan fingerprint density at radius 1 is 1.23 bits per heavy atom. The molecule has 1 aliphatic heterocycles. The summed E-state index contributed by atoms with van der Waals surface area (Å²) in [5.41, 5.74) is 3.70. The van der Waals surface area contributed by atoms with E-state index in [1.807, 2.05) is 24.3 Å². The van der Waals surface area contributed by atoms with E-state index >= 15 is 0 Å². The molecule has 1 aromatic carbocycles. The van der Waals surface area contributed by atoms with Crippen LogP contribution in [0.15, 0.2) is 24.3 Å². The van der Waals surface area contributed by atoms with Crippen LogP contribution in [0.4, 0.5) is 0 Å². The monoisotopic (exact) mass is 354 g/mol. The van der Waals surface area contributed by atoms with Gasteiger partial charge in [-0.3, -0.25) is 4.79 Å². The fourth-order valence-electron chi connectivity index (χ4n) is 3.68. The van der Waals surface area contributed by atoms with Crippen LogP contribution in [0.1, 0.15) is 33.6 Å². The molecule has 2 aromatic rings. The van der Waals surface area contributed by atoms with Crippen LogP contribution >= 0.6 is 0 Å². The first-order valence-corrected chi connectivity index (χ1v) is 8.86. The van der Waals surface area contributed by atoms with Crippen molar-refractivity contribution in [1.29, 1.82) is 0 Å². The highest BCUT2D eigenvalue weighted by Gasteiger charge is 2.26. The van der Waals surface area contributed by atoms with E-state index in [-0.39, 0.29) is 11.9 Å². The summed E-state index contributed by atoms with van der Waals surface area (Å²) >= 11 is 0. The van der Waals surface area contributed by atoms with Gasteiger partial charge in [-0.15, -0.1) is 0 Å². The number of benzene rings is 1. The molecule has 26 heavy (non-hydrogen) atoms. The Hall–Kier alpha value is -2.76. The van der Waals surface area contributed by atoms with Crippen LogP contribution in [0.3, 0.4) is 0 Å². The molecule has 1 aromatic heterocycles. The zero-order chi connectivity index (χ0) is 18.1. The van der Waals surface area contributed by atoms with Crippen LogP contribution in [0.25, 0.3) is 0 Å². The number of pyridine rings is 1. The summed E-state index contributed by atoms with van der Waals surface area (Å²) in [4.78, 5) is 17.3. The standard InChI is InChI=1S/C20H22N2O4/c1-24-17-8-4-6-13-9-14(11-26-18(13)17)21-19(23)15-10-12-5-3-7-16(12)22-20(15)25-2/h4,6,8,10,14H,3,5,7,9,11H2,1-2H3,(H,21,23). The lowest BCUT2D eigenvalue weighted by Crippen LogP contribution is -2.43. The molecular formula is C20H22N2O4. The van der Waals surface area contributed by atoms with Gasteiger partial charge >= 0.3 is 0 Å². The minimum atomic E-state index is -0.177. The van der Waals surface area contributed by atoms with E-state index in [0.717, 1.165) is 47.6 Å². The first-order valence-electron chi connectivity index (χ1n) is 8.86. The fourth-order valence-corrected chi connectivity index (χ4v) is 3.68. The maximum Gasteiger partial charge on any atom is 0.257 e. The highest BCUT2D eigenvalue weighted by molar-refractivity contribution is 5.97. The third-order valence-electron chi connectivity index (χ3n) is 4.96. The molecule has 1 aliphatic carbocycles. The summed E-state index contributed by atoms with van der Waals surface area (Å²) < 4.78 is 16.5. The smallest absolute Gasteiger partial charge is 0.257 e. The van der Waals surface area contributed by atoms with E-state index in [1.165, 1.54) is 0 Å². The van der Waals surface area contributed by atoms with Crippen molar-refractivity contribution in [3.05, 3.63) is 46.6 Å². The summed E-state index contributed by atoms with van der Waals surface area (Å²) in [5, 5.41) is 3.05. The van der Waals surface area contributed by atoms with Crippen LogP contribution in [-0.4, -0.2) is 37.8 Å². The van der Waals surface area contributed by atoms with Crippen LogP contribution in [0.5, 0.6) is 17.4 Å². The van der Waals surface area contributed by atoms with Gasteiger partial charge in [-0.1, -0.05) is 12.1 Å². The number of nitrogens with one attached hydrogen (secondary N) is 1. The zero-order valence-corrected chi connectivity index (χ0v) is 15.0. The number of aromatic nitrogens is 1. The molecule has 1 atom stereocenters.